The van der Waals surface area contributed by atoms with E-state index < -0.39 is 0 Å². The zero-order chi connectivity index (χ0) is 8.27. The zero-order valence-corrected chi connectivity index (χ0v) is 7.50. The van der Waals surface area contributed by atoms with Gasteiger partial charge in [-0.15, -0.1) is 0 Å². The molecule has 1 aromatic rings. The van der Waals surface area contributed by atoms with Crippen molar-refractivity contribution in [2.24, 2.45) is 0 Å². The molecule has 0 aliphatic rings. The number of aromatic hydroxyl groups is 2. The first-order valence-corrected chi connectivity index (χ1v) is 4.43. The Labute approximate surface area is 73.6 Å². The second kappa shape index (κ2) is 3.62. The summed E-state index contributed by atoms with van der Waals surface area (Å²) in [6.07, 6.45) is 0.722. The van der Waals surface area contributed by atoms with Crippen molar-refractivity contribution in [1.29, 1.82) is 0 Å². The first kappa shape index (κ1) is 8.40. The van der Waals surface area contributed by atoms with Crippen molar-refractivity contribution < 1.29 is 10.2 Å². The summed E-state index contributed by atoms with van der Waals surface area (Å²) >= 11 is 3.25. The second-order valence-corrected chi connectivity index (χ2v) is 3.04. The molecular weight excluding hydrogens is 208 g/mol. The van der Waals surface area contributed by atoms with E-state index in [0.29, 0.717) is 0 Å². The van der Waals surface area contributed by atoms with Crippen LogP contribution in [-0.4, -0.2) is 15.5 Å². The van der Waals surface area contributed by atoms with E-state index in [2.05, 4.69) is 15.9 Å². The SMILES string of the molecule is Oc1ccc(O)c(CCBr)c1. The van der Waals surface area contributed by atoms with Crippen LogP contribution in [0.1, 0.15) is 5.56 Å². The Hall–Kier alpha value is -0.700. The van der Waals surface area contributed by atoms with Crippen molar-refractivity contribution in [1.82, 2.24) is 0 Å². The molecular formula is C8H9BrO2. The Morgan fingerprint density at radius 2 is 2.00 bits per heavy atom. The van der Waals surface area contributed by atoms with Crippen molar-refractivity contribution in [2.45, 2.75) is 6.42 Å². The third kappa shape index (κ3) is 2.12. The van der Waals surface area contributed by atoms with Crippen LogP contribution in [0.5, 0.6) is 11.5 Å². The lowest BCUT2D eigenvalue weighted by molar-refractivity contribution is 0.455. The summed E-state index contributed by atoms with van der Waals surface area (Å²) in [6.45, 7) is 0. The van der Waals surface area contributed by atoms with Gasteiger partial charge in [-0.25, -0.2) is 0 Å². The molecule has 0 aromatic heterocycles. The molecule has 0 unspecified atom stereocenters. The highest BCUT2D eigenvalue weighted by molar-refractivity contribution is 9.09. The van der Waals surface area contributed by atoms with Gasteiger partial charge in [0.25, 0.3) is 0 Å². The molecule has 0 radical (unpaired) electrons. The molecule has 0 saturated carbocycles. The highest BCUT2D eigenvalue weighted by Gasteiger charge is 2.00. The van der Waals surface area contributed by atoms with E-state index in [0.717, 1.165) is 17.3 Å². The quantitative estimate of drug-likeness (QED) is 0.587. The lowest BCUT2D eigenvalue weighted by Gasteiger charge is -2.01. The van der Waals surface area contributed by atoms with Crippen LogP contribution in [0.2, 0.25) is 0 Å². The number of alkyl halides is 1. The Balaban J connectivity index is 2.93. The van der Waals surface area contributed by atoms with Crippen LogP contribution in [0.25, 0.3) is 0 Å². The van der Waals surface area contributed by atoms with Gasteiger partial charge in [-0.2, -0.15) is 0 Å². The monoisotopic (exact) mass is 216 g/mol. The molecule has 0 bridgehead atoms. The van der Waals surface area contributed by atoms with E-state index in [-0.39, 0.29) is 11.5 Å². The molecule has 0 fully saturated rings. The van der Waals surface area contributed by atoms with Gasteiger partial charge in [0.1, 0.15) is 11.5 Å². The van der Waals surface area contributed by atoms with Gasteiger partial charge in [-0.1, -0.05) is 15.9 Å². The van der Waals surface area contributed by atoms with E-state index in [4.69, 9.17) is 5.11 Å². The molecule has 0 spiro atoms. The van der Waals surface area contributed by atoms with Crippen molar-refractivity contribution in [3.63, 3.8) is 0 Å². The van der Waals surface area contributed by atoms with Crippen molar-refractivity contribution in [3.05, 3.63) is 23.8 Å². The molecule has 1 aromatic carbocycles. The maximum atomic E-state index is 9.23. The number of aryl methyl sites for hydroxylation is 1. The van der Waals surface area contributed by atoms with Crippen LogP contribution in [0.15, 0.2) is 18.2 Å². The Morgan fingerprint density at radius 3 is 2.64 bits per heavy atom. The topological polar surface area (TPSA) is 40.5 Å². The zero-order valence-electron chi connectivity index (χ0n) is 5.92. The number of hydrogen-bond acceptors (Lipinski definition) is 2. The highest BCUT2D eigenvalue weighted by atomic mass is 79.9. The summed E-state index contributed by atoms with van der Waals surface area (Å²) in [5.74, 6) is 0.431. The molecule has 0 saturated heterocycles. The third-order valence-corrected chi connectivity index (χ3v) is 1.82. The van der Waals surface area contributed by atoms with Crippen molar-refractivity contribution >= 4 is 15.9 Å². The van der Waals surface area contributed by atoms with Crippen LogP contribution in [0.4, 0.5) is 0 Å². The van der Waals surface area contributed by atoms with Gasteiger partial charge >= 0.3 is 0 Å². The van der Waals surface area contributed by atoms with Gasteiger partial charge in [-0.3, -0.25) is 0 Å². The summed E-state index contributed by atoms with van der Waals surface area (Å²) in [5.41, 5.74) is 0.766. The molecule has 2 N–H and O–H groups in total. The minimum Gasteiger partial charge on any atom is -0.508 e. The van der Waals surface area contributed by atoms with Crippen LogP contribution in [0, 0.1) is 0 Å². The van der Waals surface area contributed by atoms with Crippen LogP contribution < -0.4 is 0 Å². The molecule has 11 heavy (non-hydrogen) atoms. The minimum absolute atomic E-state index is 0.193. The van der Waals surface area contributed by atoms with Gasteiger partial charge in [0.15, 0.2) is 0 Å². The van der Waals surface area contributed by atoms with Gasteiger partial charge in [0, 0.05) is 5.33 Å². The van der Waals surface area contributed by atoms with E-state index in [1.807, 2.05) is 0 Å². The van der Waals surface area contributed by atoms with Crippen molar-refractivity contribution in [2.75, 3.05) is 5.33 Å². The van der Waals surface area contributed by atoms with Crippen molar-refractivity contribution in [3.8, 4) is 11.5 Å². The first-order valence-electron chi connectivity index (χ1n) is 3.31. The number of rotatable bonds is 2. The summed E-state index contributed by atoms with van der Waals surface area (Å²) in [5, 5.41) is 19.1. The standard InChI is InChI=1S/C8H9BrO2/c9-4-3-6-5-7(10)1-2-8(6)11/h1-2,5,10-11H,3-4H2. The molecule has 3 heteroatoms. The number of phenolic OH excluding ortho intramolecular Hbond substituents is 2. The normalized spacial score (nSPS) is 9.91. The Kier molecular flexibility index (Phi) is 2.76. The van der Waals surface area contributed by atoms with E-state index in [9.17, 15) is 5.11 Å². The second-order valence-electron chi connectivity index (χ2n) is 2.25. The molecule has 0 atom stereocenters. The fourth-order valence-electron chi connectivity index (χ4n) is 0.874. The van der Waals surface area contributed by atoms with Gasteiger partial charge in [0.05, 0.1) is 0 Å². The largest absolute Gasteiger partial charge is 0.508 e. The van der Waals surface area contributed by atoms with Gasteiger partial charge in [-0.05, 0) is 30.2 Å². The predicted octanol–water partition coefficient (Wildman–Crippen LogP) is 2.04. The third-order valence-electron chi connectivity index (χ3n) is 1.43. The number of halogens is 1. The van der Waals surface area contributed by atoms with Gasteiger partial charge < -0.3 is 10.2 Å². The maximum absolute atomic E-state index is 9.23. The van der Waals surface area contributed by atoms with E-state index in [1.165, 1.54) is 12.1 Å². The molecule has 0 heterocycles. The molecule has 0 aliphatic heterocycles. The van der Waals surface area contributed by atoms with Crippen LogP contribution in [-0.2, 0) is 6.42 Å². The minimum atomic E-state index is 0.193. The number of phenols is 2. The maximum Gasteiger partial charge on any atom is 0.119 e. The molecule has 0 amide bonds. The van der Waals surface area contributed by atoms with E-state index in [1.54, 1.807) is 6.07 Å². The molecule has 2 nitrogen and oxygen atoms in total. The van der Waals surface area contributed by atoms with E-state index >= 15 is 0 Å². The Morgan fingerprint density at radius 1 is 1.27 bits per heavy atom. The van der Waals surface area contributed by atoms with Crippen LogP contribution >= 0.6 is 15.9 Å². The summed E-state index contributed by atoms with van der Waals surface area (Å²) in [7, 11) is 0. The fraction of sp³-hybridized carbons (Fsp3) is 0.250. The number of benzene rings is 1. The smallest absolute Gasteiger partial charge is 0.119 e. The highest BCUT2D eigenvalue weighted by Crippen LogP contribution is 2.22. The van der Waals surface area contributed by atoms with Gasteiger partial charge in [0.2, 0.25) is 0 Å². The lowest BCUT2D eigenvalue weighted by Crippen LogP contribution is -1.85. The summed E-state index contributed by atoms with van der Waals surface area (Å²) < 4.78 is 0. The first-order chi connectivity index (χ1) is 5.24. The molecule has 0 aliphatic carbocycles. The molecule has 60 valence electrons. The summed E-state index contributed by atoms with van der Waals surface area (Å²) in [4.78, 5) is 0. The fourth-order valence-corrected chi connectivity index (χ4v) is 1.30. The van der Waals surface area contributed by atoms with Crippen LogP contribution in [0.3, 0.4) is 0 Å². The molecule has 1 rings (SSSR count). The predicted molar refractivity (Wildman–Crippen MR) is 47.3 cm³/mol. The lowest BCUT2D eigenvalue weighted by atomic mass is 10.1. The number of hydrogen-bond donors (Lipinski definition) is 2. The Bertz CT molecular complexity index is 248. The average molecular weight is 217 g/mol. The summed E-state index contributed by atoms with van der Waals surface area (Å²) in [6, 6.07) is 4.52. The average Bonchev–Trinajstić information content (AvgIpc) is 1.98.